The number of ether oxygens (including phenoxy) is 1. The van der Waals surface area contributed by atoms with Gasteiger partial charge in [-0.05, 0) is 53.7 Å². The molecule has 0 amide bonds. The van der Waals surface area contributed by atoms with Gasteiger partial charge in [-0.25, -0.2) is 9.48 Å². The van der Waals surface area contributed by atoms with Gasteiger partial charge in [-0.1, -0.05) is 32.0 Å². The highest BCUT2D eigenvalue weighted by Gasteiger charge is 2.26. The summed E-state index contributed by atoms with van der Waals surface area (Å²) in [5, 5.41) is 12.4. The molecule has 0 bridgehead atoms. The van der Waals surface area contributed by atoms with Gasteiger partial charge >= 0.3 is 5.97 Å². The molecule has 7 heteroatoms. The van der Waals surface area contributed by atoms with E-state index in [0.29, 0.717) is 23.9 Å². The summed E-state index contributed by atoms with van der Waals surface area (Å²) in [7, 11) is 0. The van der Waals surface area contributed by atoms with E-state index >= 15 is 0 Å². The predicted octanol–water partition coefficient (Wildman–Crippen LogP) is 3.11. The molecule has 0 saturated carbocycles. The first-order chi connectivity index (χ1) is 13.2. The minimum Gasteiger partial charge on any atom is -0.454 e. The molecule has 0 aliphatic heterocycles. The Labute approximate surface area is 157 Å². The SMILES string of the molecule is CCCn1nnnc1COC(=O)c1c2c(nc3ccccc13)CC[C@H](C)C2. The van der Waals surface area contributed by atoms with Gasteiger partial charge in [-0.3, -0.25) is 4.98 Å². The lowest BCUT2D eigenvalue weighted by molar-refractivity contribution is 0.0456. The molecule has 4 rings (SSSR count). The van der Waals surface area contributed by atoms with Crippen molar-refractivity contribution < 1.29 is 9.53 Å². The van der Waals surface area contributed by atoms with Crippen LogP contribution in [0.2, 0.25) is 0 Å². The third-order valence-corrected chi connectivity index (χ3v) is 5.08. The second-order valence-corrected chi connectivity index (χ2v) is 7.17. The van der Waals surface area contributed by atoms with Gasteiger partial charge in [-0.2, -0.15) is 0 Å². The first kappa shape index (κ1) is 17.6. The van der Waals surface area contributed by atoms with E-state index in [1.165, 1.54) is 0 Å². The van der Waals surface area contributed by atoms with Gasteiger partial charge in [0.25, 0.3) is 0 Å². The van der Waals surface area contributed by atoms with Gasteiger partial charge < -0.3 is 4.74 Å². The van der Waals surface area contributed by atoms with Crippen LogP contribution in [0.15, 0.2) is 24.3 Å². The van der Waals surface area contributed by atoms with Crippen LogP contribution in [0.1, 0.15) is 54.1 Å². The van der Waals surface area contributed by atoms with Crippen molar-refractivity contribution in [1.29, 1.82) is 0 Å². The van der Waals surface area contributed by atoms with Crippen molar-refractivity contribution in [3.8, 4) is 0 Å². The fraction of sp³-hybridized carbons (Fsp3) is 0.450. The second kappa shape index (κ2) is 7.42. The number of tetrazole rings is 1. The van der Waals surface area contributed by atoms with Crippen molar-refractivity contribution in [1.82, 2.24) is 25.2 Å². The summed E-state index contributed by atoms with van der Waals surface area (Å²) < 4.78 is 7.31. The summed E-state index contributed by atoms with van der Waals surface area (Å²) in [6.07, 6.45) is 3.76. The molecule has 140 valence electrons. The molecule has 1 aromatic carbocycles. The van der Waals surface area contributed by atoms with Crippen LogP contribution < -0.4 is 0 Å². The van der Waals surface area contributed by atoms with Crippen LogP contribution in [0.5, 0.6) is 0 Å². The van der Waals surface area contributed by atoms with Crippen molar-refractivity contribution in [3.63, 3.8) is 0 Å². The first-order valence-corrected chi connectivity index (χ1v) is 9.50. The molecule has 0 spiro atoms. The molecule has 27 heavy (non-hydrogen) atoms. The summed E-state index contributed by atoms with van der Waals surface area (Å²) in [4.78, 5) is 17.9. The fourth-order valence-electron chi connectivity index (χ4n) is 3.71. The minimum absolute atomic E-state index is 0.0623. The van der Waals surface area contributed by atoms with Crippen molar-refractivity contribution in [2.45, 2.75) is 52.7 Å². The number of pyridine rings is 1. The monoisotopic (exact) mass is 365 g/mol. The standard InChI is InChI=1S/C20H23N5O2/c1-3-10-25-18(22-23-24-25)12-27-20(26)19-14-6-4-5-7-16(14)21-17-9-8-13(2)11-15(17)19/h4-7,13H,3,8-12H2,1-2H3/t13-/m0/s1. The molecule has 3 aromatic rings. The molecule has 1 atom stereocenters. The molecular weight excluding hydrogens is 342 g/mol. The number of aromatic nitrogens is 5. The van der Waals surface area contributed by atoms with E-state index in [1.54, 1.807) is 4.68 Å². The van der Waals surface area contributed by atoms with Crippen molar-refractivity contribution in [2.24, 2.45) is 5.92 Å². The van der Waals surface area contributed by atoms with Crippen molar-refractivity contribution >= 4 is 16.9 Å². The molecule has 0 unspecified atom stereocenters. The topological polar surface area (TPSA) is 82.8 Å². The van der Waals surface area contributed by atoms with E-state index in [4.69, 9.17) is 9.72 Å². The van der Waals surface area contributed by atoms with Crippen LogP contribution in [-0.2, 0) is 30.7 Å². The zero-order chi connectivity index (χ0) is 18.8. The number of para-hydroxylation sites is 1. The van der Waals surface area contributed by atoms with Crippen LogP contribution in [0, 0.1) is 5.92 Å². The van der Waals surface area contributed by atoms with Crippen LogP contribution in [0.3, 0.4) is 0 Å². The van der Waals surface area contributed by atoms with Crippen LogP contribution in [0.4, 0.5) is 0 Å². The Balaban J connectivity index is 1.68. The number of hydrogen-bond donors (Lipinski definition) is 0. The van der Waals surface area contributed by atoms with Gasteiger partial charge in [-0.15, -0.1) is 5.10 Å². The van der Waals surface area contributed by atoms with Gasteiger partial charge in [0.2, 0.25) is 0 Å². The average molecular weight is 365 g/mol. The first-order valence-electron chi connectivity index (χ1n) is 9.50. The van der Waals surface area contributed by atoms with E-state index in [9.17, 15) is 4.79 Å². The number of esters is 1. The maximum absolute atomic E-state index is 13.1. The highest BCUT2D eigenvalue weighted by atomic mass is 16.5. The Kier molecular flexibility index (Phi) is 4.83. The normalized spacial score (nSPS) is 16.3. The number of fused-ring (bicyclic) bond motifs is 2. The summed E-state index contributed by atoms with van der Waals surface area (Å²) in [5.74, 6) is 0.764. The Morgan fingerprint density at radius 1 is 1.33 bits per heavy atom. The maximum atomic E-state index is 13.1. The summed E-state index contributed by atoms with van der Waals surface area (Å²) in [5.41, 5.74) is 3.55. The second-order valence-electron chi connectivity index (χ2n) is 7.17. The predicted molar refractivity (Wildman–Crippen MR) is 100 cm³/mol. The van der Waals surface area contributed by atoms with Crippen LogP contribution in [-0.4, -0.2) is 31.2 Å². The lowest BCUT2D eigenvalue weighted by Gasteiger charge is -2.24. The number of carbonyl (C=O) groups is 1. The zero-order valence-corrected chi connectivity index (χ0v) is 15.7. The number of benzene rings is 1. The van der Waals surface area contributed by atoms with Crippen LogP contribution >= 0.6 is 0 Å². The van der Waals surface area contributed by atoms with Gasteiger partial charge in [0.1, 0.15) is 0 Å². The highest BCUT2D eigenvalue weighted by Crippen LogP contribution is 2.32. The quantitative estimate of drug-likeness (QED) is 0.646. The summed E-state index contributed by atoms with van der Waals surface area (Å²) in [6.45, 7) is 5.03. The van der Waals surface area contributed by atoms with Crippen molar-refractivity contribution in [2.75, 3.05) is 0 Å². The van der Waals surface area contributed by atoms with Gasteiger partial charge in [0.15, 0.2) is 12.4 Å². The molecule has 0 radical (unpaired) electrons. The van der Waals surface area contributed by atoms with E-state index in [-0.39, 0.29) is 12.6 Å². The zero-order valence-electron chi connectivity index (χ0n) is 15.7. The van der Waals surface area contributed by atoms with Gasteiger partial charge in [0.05, 0.1) is 11.1 Å². The van der Waals surface area contributed by atoms with Crippen LogP contribution in [0.25, 0.3) is 10.9 Å². The van der Waals surface area contributed by atoms with Gasteiger partial charge in [0, 0.05) is 17.6 Å². The van der Waals surface area contributed by atoms with E-state index in [1.807, 2.05) is 31.2 Å². The minimum atomic E-state index is -0.329. The lowest BCUT2D eigenvalue weighted by atomic mass is 9.84. The Hall–Kier alpha value is -2.83. The summed E-state index contributed by atoms with van der Waals surface area (Å²) >= 11 is 0. The van der Waals surface area contributed by atoms with E-state index in [2.05, 4.69) is 22.4 Å². The third-order valence-electron chi connectivity index (χ3n) is 5.08. The largest absolute Gasteiger partial charge is 0.454 e. The van der Waals surface area contributed by atoms with Crippen molar-refractivity contribution in [3.05, 3.63) is 46.9 Å². The van der Waals surface area contributed by atoms with E-state index < -0.39 is 0 Å². The number of hydrogen-bond acceptors (Lipinski definition) is 6. The number of nitrogens with zero attached hydrogens (tertiary/aromatic N) is 5. The smallest absolute Gasteiger partial charge is 0.339 e. The average Bonchev–Trinajstić information content (AvgIpc) is 3.12. The molecule has 1 aliphatic rings. The lowest BCUT2D eigenvalue weighted by Crippen LogP contribution is -2.20. The molecule has 0 N–H and O–H groups in total. The molecule has 0 fully saturated rings. The number of carbonyl (C=O) groups excluding carboxylic acids is 1. The molecule has 1 aliphatic carbocycles. The molecule has 2 aromatic heterocycles. The Bertz CT molecular complexity index is 982. The number of aryl methyl sites for hydroxylation is 2. The summed E-state index contributed by atoms with van der Waals surface area (Å²) in [6, 6.07) is 7.77. The molecular formula is C20H23N5O2. The molecule has 7 nitrogen and oxygen atoms in total. The Morgan fingerprint density at radius 2 is 2.19 bits per heavy atom. The number of rotatable bonds is 5. The Morgan fingerprint density at radius 3 is 3.04 bits per heavy atom. The third kappa shape index (κ3) is 3.41. The fourth-order valence-corrected chi connectivity index (χ4v) is 3.71. The molecule has 2 heterocycles. The van der Waals surface area contributed by atoms with E-state index in [0.717, 1.165) is 47.8 Å². The molecule has 0 saturated heterocycles. The maximum Gasteiger partial charge on any atom is 0.339 e. The highest BCUT2D eigenvalue weighted by molar-refractivity contribution is 6.05.